The van der Waals surface area contributed by atoms with Gasteiger partial charge >= 0.3 is 0 Å². The van der Waals surface area contributed by atoms with Crippen molar-refractivity contribution in [1.82, 2.24) is 4.98 Å². The van der Waals surface area contributed by atoms with E-state index >= 15 is 0 Å². The fourth-order valence-corrected chi connectivity index (χ4v) is 3.59. The summed E-state index contributed by atoms with van der Waals surface area (Å²) in [5.41, 5.74) is 1.89. The van der Waals surface area contributed by atoms with E-state index in [1.165, 1.54) is 23.2 Å². The quantitative estimate of drug-likeness (QED) is 0.373. The Balaban J connectivity index is 1.94. The largest absolute Gasteiger partial charge is 0.507 e. The minimum absolute atomic E-state index is 0.0944. The van der Waals surface area contributed by atoms with Crippen molar-refractivity contribution in [3.8, 4) is 0 Å². The van der Waals surface area contributed by atoms with E-state index in [2.05, 4.69) is 4.98 Å². The predicted molar refractivity (Wildman–Crippen MR) is 112 cm³/mol. The molecule has 1 aliphatic heterocycles. The van der Waals surface area contributed by atoms with E-state index in [-0.39, 0.29) is 22.0 Å². The van der Waals surface area contributed by atoms with Gasteiger partial charge in [-0.05, 0) is 37.3 Å². The van der Waals surface area contributed by atoms with Gasteiger partial charge in [-0.15, -0.1) is 0 Å². The lowest BCUT2D eigenvalue weighted by Crippen LogP contribution is -2.29. The standard InChI is InChI=1S/C23H16ClFN2O3/c1-13-5-7-14(8-6-13)21(28)19-20(18-4-2-3-11-26-18)27(23(30)22(19)29)15-9-10-17(25)16(24)12-15/h2-12,20,28H,1H3/b21-19+. The summed E-state index contributed by atoms with van der Waals surface area (Å²) in [7, 11) is 0. The fourth-order valence-electron chi connectivity index (χ4n) is 3.42. The van der Waals surface area contributed by atoms with Crippen LogP contribution in [0.1, 0.15) is 22.9 Å². The van der Waals surface area contributed by atoms with Crippen molar-refractivity contribution in [2.24, 2.45) is 0 Å². The summed E-state index contributed by atoms with van der Waals surface area (Å²) in [4.78, 5) is 31.4. The summed E-state index contributed by atoms with van der Waals surface area (Å²) in [6.45, 7) is 1.90. The third-order valence-corrected chi connectivity index (χ3v) is 5.21. The lowest BCUT2D eigenvalue weighted by atomic mass is 9.97. The Kier molecular flexibility index (Phi) is 5.10. The Bertz CT molecular complexity index is 1180. The van der Waals surface area contributed by atoms with Crippen molar-refractivity contribution >= 4 is 34.7 Å². The van der Waals surface area contributed by atoms with Crippen molar-refractivity contribution in [3.63, 3.8) is 0 Å². The molecule has 1 aromatic heterocycles. The second-order valence-corrected chi connectivity index (χ2v) is 7.30. The van der Waals surface area contributed by atoms with Gasteiger partial charge in [-0.2, -0.15) is 0 Å². The van der Waals surface area contributed by atoms with Crippen molar-refractivity contribution in [2.45, 2.75) is 13.0 Å². The van der Waals surface area contributed by atoms with E-state index in [9.17, 15) is 19.1 Å². The third kappa shape index (κ3) is 3.35. The van der Waals surface area contributed by atoms with Crippen LogP contribution in [0.4, 0.5) is 10.1 Å². The molecule has 0 saturated carbocycles. The van der Waals surface area contributed by atoms with Gasteiger partial charge in [0.15, 0.2) is 0 Å². The second-order valence-electron chi connectivity index (χ2n) is 6.89. The highest BCUT2D eigenvalue weighted by Crippen LogP contribution is 2.42. The van der Waals surface area contributed by atoms with Crippen LogP contribution in [0.15, 0.2) is 72.4 Å². The number of hydrogen-bond acceptors (Lipinski definition) is 4. The number of rotatable bonds is 3. The SMILES string of the molecule is Cc1ccc(/C(O)=C2\C(=O)C(=O)N(c3ccc(F)c(Cl)c3)C2c2ccccn2)cc1. The van der Waals surface area contributed by atoms with E-state index in [1.54, 1.807) is 42.5 Å². The molecule has 0 spiro atoms. The van der Waals surface area contributed by atoms with Crippen LogP contribution in [0, 0.1) is 12.7 Å². The van der Waals surface area contributed by atoms with Gasteiger partial charge in [0, 0.05) is 17.4 Å². The highest BCUT2D eigenvalue weighted by Gasteiger charge is 2.47. The van der Waals surface area contributed by atoms with Gasteiger partial charge in [0.25, 0.3) is 11.7 Å². The number of anilines is 1. The number of halogens is 2. The highest BCUT2D eigenvalue weighted by atomic mass is 35.5. The number of aliphatic hydroxyl groups is 1. The molecule has 0 aliphatic carbocycles. The molecule has 1 saturated heterocycles. The van der Waals surface area contributed by atoms with E-state index in [1.807, 2.05) is 6.92 Å². The molecule has 2 heterocycles. The van der Waals surface area contributed by atoms with Crippen molar-refractivity contribution in [1.29, 1.82) is 0 Å². The molecule has 5 nitrogen and oxygen atoms in total. The molecule has 1 N–H and O–H groups in total. The van der Waals surface area contributed by atoms with Crippen molar-refractivity contribution in [3.05, 3.63) is 100 Å². The molecule has 1 fully saturated rings. The topological polar surface area (TPSA) is 70.5 Å². The van der Waals surface area contributed by atoms with Gasteiger partial charge in [-0.1, -0.05) is 47.5 Å². The summed E-state index contributed by atoms with van der Waals surface area (Å²) >= 11 is 5.90. The van der Waals surface area contributed by atoms with Crippen molar-refractivity contribution in [2.75, 3.05) is 4.90 Å². The van der Waals surface area contributed by atoms with Crippen LogP contribution < -0.4 is 4.90 Å². The summed E-state index contributed by atoms with van der Waals surface area (Å²) < 4.78 is 13.7. The second kappa shape index (κ2) is 7.72. The molecule has 4 rings (SSSR count). The van der Waals surface area contributed by atoms with Crippen molar-refractivity contribution < 1.29 is 19.1 Å². The molecule has 150 valence electrons. The number of ketones is 1. The maximum absolute atomic E-state index is 13.7. The number of nitrogens with zero attached hydrogens (tertiary/aromatic N) is 2. The van der Waals surface area contributed by atoms with Crippen LogP contribution in [-0.4, -0.2) is 21.8 Å². The Hall–Kier alpha value is -3.51. The van der Waals surface area contributed by atoms with E-state index in [0.29, 0.717) is 11.3 Å². The first kappa shape index (κ1) is 19.8. The minimum Gasteiger partial charge on any atom is -0.507 e. The molecule has 1 atom stereocenters. The van der Waals surface area contributed by atoms with Crippen LogP contribution in [0.25, 0.3) is 5.76 Å². The lowest BCUT2D eigenvalue weighted by molar-refractivity contribution is -0.132. The molecule has 7 heteroatoms. The normalized spacial score (nSPS) is 18.1. The average Bonchev–Trinajstić information content (AvgIpc) is 3.01. The number of carbonyl (C=O) groups is 2. The third-order valence-electron chi connectivity index (χ3n) is 4.92. The number of aromatic nitrogens is 1. The minimum atomic E-state index is -0.992. The van der Waals surface area contributed by atoms with Crippen LogP contribution in [0.5, 0.6) is 0 Å². The van der Waals surface area contributed by atoms with Gasteiger partial charge in [0.1, 0.15) is 17.6 Å². The summed E-state index contributed by atoms with van der Waals surface area (Å²) in [5, 5.41) is 10.8. The number of hydrogen-bond donors (Lipinski definition) is 1. The maximum Gasteiger partial charge on any atom is 0.300 e. The van der Waals surface area contributed by atoms with Gasteiger partial charge in [-0.3, -0.25) is 19.5 Å². The maximum atomic E-state index is 13.7. The average molecular weight is 423 g/mol. The lowest BCUT2D eigenvalue weighted by Gasteiger charge is -2.24. The molecule has 2 aromatic carbocycles. The van der Waals surface area contributed by atoms with Gasteiger partial charge < -0.3 is 5.11 Å². The number of Topliss-reactive ketones (excluding diaryl/α,β-unsaturated/α-hetero) is 1. The zero-order valence-electron chi connectivity index (χ0n) is 15.8. The van der Waals surface area contributed by atoms with Crippen LogP contribution >= 0.6 is 11.6 Å². The smallest absolute Gasteiger partial charge is 0.300 e. The number of carbonyl (C=O) groups excluding carboxylic acids is 2. The molecule has 1 unspecified atom stereocenters. The summed E-state index contributed by atoms with van der Waals surface area (Å²) in [6.07, 6.45) is 1.53. The Labute approximate surface area is 177 Å². The highest BCUT2D eigenvalue weighted by molar-refractivity contribution is 6.51. The summed E-state index contributed by atoms with van der Waals surface area (Å²) in [5.74, 6) is -2.67. The molecule has 30 heavy (non-hydrogen) atoms. The van der Waals surface area contributed by atoms with E-state index in [0.717, 1.165) is 11.6 Å². The predicted octanol–water partition coefficient (Wildman–Crippen LogP) is 4.81. The number of amides is 1. The van der Waals surface area contributed by atoms with Crippen LogP contribution in [0.2, 0.25) is 5.02 Å². The molecule has 0 radical (unpaired) electrons. The van der Waals surface area contributed by atoms with Gasteiger partial charge in [-0.25, -0.2) is 4.39 Å². The number of aliphatic hydroxyl groups excluding tert-OH is 1. The Morgan fingerprint density at radius 1 is 1.10 bits per heavy atom. The molecule has 0 bridgehead atoms. The number of benzene rings is 2. The monoisotopic (exact) mass is 422 g/mol. The summed E-state index contributed by atoms with van der Waals surface area (Å²) in [6, 6.07) is 14.7. The molecular weight excluding hydrogens is 407 g/mol. The molecule has 3 aromatic rings. The molecule has 1 amide bonds. The first-order valence-corrected chi connectivity index (χ1v) is 9.50. The van der Waals surface area contributed by atoms with Gasteiger partial charge in [0.05, 0.1) is 16.3 Å². The molecule has 1 aliphatic rings. The van der Waals surface area contributed by atoms with Gasteiger partial charge in [0.2, 0.25) is 0 Å². The first-order chi connectivity index (χ1) is 14.4. The van der Waals surface area contributed by atoms with Crippen LogP contribution in [0.3, 0.4) is 0 Å². The fraction of sp³-hybridized carbons (Fsp3) is 0.0870. The Morgan fingerprint density at radius 2 is 1.83 bits per heavy atom. The first-order valence-electron chi connectivity index (χ1n) is 9.12. The Morgan fingerprint density at radius 3 is 2.47 bits per heavy atom. The van der Waals surface area contributed by atoms with E-state index in [4.69, 9.17) is 11.6 Å². The zero-order chi connectivity index (χ0) is 21.4. The van der Waals surface area contributed by atoms with E-state index < -0.39 is 23.5 Å². The number of aryl methyl sites for hydroxylation is 1. The van der Waals surface area contributed by atoms with Crippen LogP contribution in [-0.2, 0) is 9.59 Å². The zero-order valence-corrected chi connectivity index (χ0v) is 16.6. The number of pyridine rings is 1. The molecular formula is C23H16ClFN2O3.